The van der Waals surface area contributed by atoms with Crippen molar-refractivity contribution in [3.63, 3.8) is 0 Å². The zero-order valence-corrected chi connectivity index (χ0v) is 14.3. The number of nitrogens with one attached hydrogen (secondary N) is 1. The van der Waals surface area contributed by atoms with E-state index in [1.54, 1.807) is 7.11 Å². The van der Waals surface area contributed by atoms with Gasteiger partial charge in [-0.15, -0.1) is 0 Å². The van der Waals surface area contributed by atoms with Crippen molar-refractivity contribution in [2.45, 2.75) is 38.2 Å². The number of ether oxygens (including phenoxy) is 2. The van der Waals surface area contributed by atoms with Gasteiger partial charge < -0.3 is 14.8 Å². The van der Waals surface area contributed by atoms with Crippen LogP contribution in [0.15, 0.2) is 18.2 Å². The quantitative estimate of drug-likeness (QED) is 0.899. The van der Waals surface area contributed by atoms with Crippen molar-refractivity contribution >= 4 is 11.8 Å². The van der Waals surface area contributed by atoms with Gasteiger partial charge in [-0.2, -0.15) is 11.8 Å². The Morgan fingerprint density at radius 3 is 2.77 bits per heavy atom. The van der Waals surface area contributed by atoms with Crippen LogP contribution in [0.3, 0.4) is 0 Å². The maximum atomic E-state index is 6.25. The second-order valence-electron chi connectivity index (χ2n) is 6.33. The van der Waals surface area contributed by atoms with Gasteiger partial charge in [-0.3, -0.25) is 0 Å². The molecule has 0 radical (unpaired) electrons. The van der Waals surface area contributed by atoms with E-state index in [9.17, 15) is 0 Å². The number of piperidine rings is 1. The van der Waals surface area contributed by atoms with Crippen LogP contribution >= 0.6 is 11.8 Å². The van der Waals surface area contributed by atoms with Crippen molar-refractivity contribution in [3.05, 3.63) is 23.8 Å². The minimum absolute atomic E-state index is 0.349. The fraction of sp³-hybridized carbons (Fsp3) is 0.667. The Balaban J connectivity index is 1.67. The molecule has 2 aliphatic rings. The molecule has 1 aromatic rings. The van der Waals surface area contributed by atoms with Gasteiger partial charge in [0.2, 0.25) is 0 Å². The third-order valence-corrected chi connectivity index (χ3v) is 5.66. The summed E-state index contributed by atoms with van der Waals surface area (Å²) >= 11 is 2.03. The van der Waals surface area contributed by atoms with Gasteiger partial charge in [0.05, 0.1) is 7.11 Å². The van der Waals surface area contributed by atoms with Crippen molar-refractivity contribution in [1.29, 1.82) is 0 Å². The highest BCUT2D eigenvalue weighted by atomic mass is 32.2. The summed E-state index contributed by atoms with van der Waals surface area (Å²) < 4.78 is 11.7. The molecule has 0 spiro atoms. The Morgan fingerprint density at radius 2 is 2.05 bits per heavy atom. The zero-order valence-electron chi connectivity index (χ0n) is 13.5. The van der Waals surface area contributed by atoms with E-state index in [2.05, 4.69) is 23.5 Å². The molecule has 2 saturated heterocycles. The van der Waals surface area contributed by atoms with E-state index >= 15 is 0 Å². The van der Waals surface area contributed by atoms with E-state index in [4.69, 9.17) is 9.47 Å². The smallest absolute Gasteiger partial charge is 0.161 e. The molecular weight excluding hydrogens is 294 g/mol. The minimum Gasteiger partial charge on any atom is -0.493 e. The van der Waals surface area contributed by atoms with Crippen LogP contribution in [0.5, 0.6) is 11.5 Å². The molecule has 1 atom stereocenters. The van der Waals surface area contributed by atoms with E-state index in [0.29, 0.717) is 6.10 Å². The highest BCUT2D eigenvalue weighted by Gasteiger charge is 2.19. The van der Waals surface area contributed by atoms with Gasteiger partial charge in [-0.25, -0.2) is 0 Å². The molecule has 3 rings (SSSR count). The average Bonchev–Trinajstić information content (AvgIpc) is 2.57. The number of benzene rings is 1. The van der Waals surface area contributed by atoms with E-state index in [1.165, 1.54) is 36.5 Å². The summed E-state index contributed by atoms with van der Waals surface area (Å²) in [5.41, 5.74) is 1.37. The van der Waals surface area contributed by atoms with Crippen LogP contribution in [0.25, 0.3) is 0 Å². The van der Waals surface area contributed by atoms with Crippen LogP contribution in [-0.2, 0) is 6.42 Å². The number of methoxy groups -OCH3 is 1. The summed E-state index contributed by atoms with van der Waals surface area (Å²) in [5, 5.41) is 3.50. The lowest BCUT2D eigenvalue weighted by Gasteiger charge is -2.25. The summed E-state index contributed by atoms with van der Waals surface area (Å²) in [7, 11) is 1.73. The van der Waals surface area contributed by atoms with Gasteiger partial charge in [0, 0.05) is 0 Å². The number of thioether (sulfide) groups is 1. The van der Waals surface area contributed by atoms with Crippen molar-refractivity contribution in [3.8, 4) is 11.5 Å². The van der Waals surface area contributed by atoms with Crippen LogP contribution in [0.4, 0.5) is 0 Å². The topological polar surface area (TPSA) is 30.5 Å². The lowest BCUT2D eigenvalue weighted by atomic mass is 9.92. The first kappa shape index (κ1) is 16.0. The summed E-state index contributed by atoms with van der Waals surface area (Å²) in [5.74, 6) is 4.96. The molecule has 1 unspecified atom stereocenters. The lowest BCUT2D eigenvalue weighted by Crippen LogP contribution is -2.30. The Morgan fingerprint density at radius 1 is 1.18 bits per heavy atom. The highest BCUT2D eigenvalue weighted by Crippen LogP contribution is 2.32. The molecule has 0 amide bonds. The van der Waals surface area contributed by atoms with Crippen LogP contribution in [-0.4, -0.2) is 37.8 Å². The van der Waals surface area contributed by atoms with Gasteiger partial charge in [-0.05, 0) is 80.3 Å². The number of hydrogen-bond acceptors (Lipinski definition) is 4. The summed E-state index contributed by atoms with van der Waals surface area (Å²) in [6.07, 6.45) is 6.39. The molecule has 1 N–H and O–H groups in total. The molecule has 4 heteroatoms. The normalized spacial score (nSPS) is 23.2. The molecule has 0 bridgehead atoms. The number of hydrogen-bond donors (Lipinski definition) is 1. The molecule has 122 valence electrons. The molecule has 2 fully saturated rings. The van der Waals surface area contributed by atoms with Crippen molar-refractivity contribution in [2.24, 2.45) is 5.92 Å². The van der Waals surface area contributed by atoms with E-state index in [-0.39, 0.29) is 0 Å². The van der Waals surface area contributed by atoms with Crippen LogP contribution in [0, 0.1) is 5.92 Å². The molecule has 22 heavy (non-hydrogen) atoms. The largest absolute Gasteiger partial charge is 0.493 e. The second-order valence-corrected chi connectivity index (χ2v) is 7.56. The maximum absolute atomic E-state index is 6.25. The zero-order chi connectivity index (χ0) is 15.2. The third-order valence-electron chi connectivity index (χ3n) is 4.61. The van der Waals surface area contributed by atoms with E-state index in [1.807, 2.05) is 11.8 Å². The van der Waals surface area contributed by atoms with Crippen molar-refractivity contribution in [2.75, 3.05) is 31.7 Å². The number of rotatable bonds is 5. The van der Waals surface area contributed by atoms with Crippen molar-refractivity contribution in [1.82, 2.24) is 5.32 Å². The molecule has 1 aromatic carbocycles. The van der Waals surface area contributed by atoms with E-state index in [0.717, 1.165) is 43.2 Å². The minimum atomic E-state index is 0.349. The van der Waals surface area contributed by atoms with Gasteiger partial charge >= 0.3 is 0 Å². The monoisotopic (exact) mass is 321 g/mol. The van der Waals surface area contributed by atoms with Gasteiger partial charge in [0.25, 0.3) is 0 Å². The predicted molar refractivity (Wildman–Crippen MR) is 93.3 cm³/mol. The average molecular weight is 321 g/mol. The third kappa shape index (κ3) is 4.32. The first-order valence-corrected chi connectivity index (χ1v) is 9.62. The molecule has 0 aliphatic carbocycles. The van der Waals surface area contributed by atoms with Crippen molar-refractivity contribution < 1.29 is 9.47 Å². The van der Waals surface area contributed by atoms with Gasteiger partial charge in [-0.1, -0.05) is 6.07 Å². The first-order valence-electron chi connectivity index (χ1n) is 8.47. The van der Waals surface area contributed by atoms with Crippen LogP contribution < -0.4 is 14.8 Å². The summed E-state index contributed by atoms with van der Waals surface area (Å²) in [6.45, 7) is 2.31. The fourth-order valence-corrected chi connectivity index (χ4v) is 4.41. The highest BCUT2D eigenvalue weighted by molar-refractivity contribution is 7.99. The molecular formula is C18H27NO2S. The molecule has 2 aliphatic heterocycles. The summed E-state index contributed by atoms with van der Waals surface area (Å²) in [6, 6.07) is 6.46. The SMILES string of the molecule is COc1ccc(CC2CCCNC2)cc1OC1CCSCC1. The molecule has 0 aromatic heterocycles. The standard InChI is InChI=1S/C18H27NO2S/c1-20-17-5-4-14(11-15-3-2-8-19-13-15)12-18(17)21-16-6-9-22-10-7-16/h4-5,12,15-16,19H,2-3,6-11,13H2,1H3. The Kier molecular flexibility index (Phi) is 5.90. The Bertz CT molecular complexity index is 468. The maximum Gasteiger partial charge on any atom is 0.161 e. The first-order chi connectivity index (χ1) is 10.8. The fourth-order valence-electron chi connectivity index (χ4n) is 3.35. The Hall–Kier alpha value is -0.870. The van der Waals surface area contributed by atoms with Gasteiger partial charge in [0.1, 0.15) is 6.10 Å². The second kappa shape index (κ2) is 8.11. The molecule has 3 nitrogen and oxygen atoms in total. The van der Waals surface area contributed by atoms with Crippen LogP contribution in [0.1, 0.15) is 31.2 Å². The van der Waals surface area contributed by atoms with Crippen LogP contribution in [0.2, 0.25) is 0 Å². The lowest BCUT2D eigenvalue weighted by molar-refractivity contribution is 0.184. The molecule has 0 saturated carbocycles. The molecule has 2 heterocycles. The predicted octanol–water partition coefficient (Wildman–Crippen LogP) is 3.51. The Labute approximate surface area is 138 Å². The van der Waals surface area contributed by atoms with Gasteiger partial charge in [0.15, 0.2) is 11.5 Å². The summed E-state index contributed by atoms with van der Waals surface area (Å²) in [4.78, 5) is 0. The van der Waals surface area contributed by atoms with E-state index < -0.39 is 0 Å².